The Balaban J connectivity index is -0.000000181. The van der Waals surface area contributed by atoms with Gasteiger partial charge in [0, 0.05) is 28.5 Å². The third kappa shape index (κ3) is 27.1. The van der Waals surface area contributed by atoms with Gasteiger partial charge in [-0.2, -0.15) is 0 Å². The van der Waals surface area contributed by atoms with Crippen LogP contribution in [-0.4, -0.2) is 6.04 Å². The molecule has 0 heterocycles. The molecular formula is C32H54N2. The molecule has 2 aromatic carbocycles. The predicted octanol–water partition coefficient (Wildman–Crippen LogP) is 9.78. The fourth-order valence-corrected chi connectivity index (χ4v) is 1.98. The number of hydrogen-bond donors (Lipinski definition) is 2. The van der Waals surface area contributed by atoms with E-state index in [2.05, 4.69) is 109 Å². The molecule has 2 aromatic rings. The van der Waals surface area contributed by atoms with Crippen molar-refractivity contribution >= 4 is 5.69 Å². The maximum atomic E-state index is 4.00. The lowest BCUT2D eigenvalue weighted by atomic mass is 9.92. The van der Waals surface area contributed by atoms with Crippen molar-refractivity contribution < 1.29 is 0 Å². The number of rotatable bonds is 4. The smallest absolute Gasteiger partial charge is 0.0381 e. The summed E-state index contributed by atoms with van der Waals surface area (Å²) in [5.41, 5.74) is 5.96. The Hall–Kier alpha value is -2.92. The van der Waals surface area contributed by atoms with Crippen LogP contribution in [0.1, 0.15) is 80.4 Å². The van der Waals surface area contributed by atoms with Crippen LogP contribution in [0.15, 0.2) is 79.1 Å². The molecule has 0 aliphatic rings. The standard InChI is InChI=1S/C10H13N.C9H19N.C7H8.2C2H6.C2H2/c1-8(2)11-10-6-4-9(3)5-7-10;1-7(2)10-8(3)9(4,5)6;1-7-5-3-2-4-6-7;3*1-2/h4-7,11H,1H2,2-3H3;7,10H,3H2,1-2,4-6H3;2-6H,1H3;2*1-2H3;1-2H. The molecule has 0 aliphatic heterocycles. The van der Waals surface area contributed by atoms with Crippen LogP contribution in [0.3, 0.4) is 0 Å². The molecule has 0 amide bonds. The van der Waals surface area contributed by atoms with Crippen LogP contribution in [-0.2, 0) is 0 Å². The molecule has 0 saturated carbocycles. The molecule has 34 heavy (non-hydrogen) atoms. The van der Waals surface area contributed by atoms with Gasteiger partial charge in [-0.05, 0) is 46.8 Å². The Kier molecular flexibility index (Phi) is 27.9. The second kappa shape index (κ2) is 24.7. The van der Waals surface area contributed by atoms with Crippen LogP contribution in [0.4, 0.5) is 5.69 Å². The second-order valence-corrected chi connectivity index (χ2v) is 8.45. The largest absolute Gasteiger partial charge is 0.386 e. The van der Waals surface area contributed by atoms with Crippen molar-refractivity contribution in [3.05, 3.63) is 90.3 Å². The molecule has 0 radical (unpaired) electrons. The van der Waals surface area contributed by atoms with E-state index < -0.39 is 0 Å². The Morgan fingerprint density at radius 1 is 0.765 bits per heavy atom. The third-order valence-electron chi connectivity index (χ3n) is 3.72. The maximum Gasteiger partial charge on any atom is 0.0381 e. The van der Waals surface area contributed by atoms with Crippen LogP contribution in [0.25, 0.3) is 0 Å². The Morgan fingerprint density at radius 2 is 1.15 bits per heavy atom. The molecule has 0 unspecified atom stereocenters. The number of nitrogens with one attached hydrogen (secondary N) is 2. The van der Waals surface area contributed by atoms with E-state index in [1.54, 1.807) is 0 Å². The van der Waals surface area contributed by atoms with Crippen LogP contribution in [0, 0.1) is 32.1 Å². The van der Waals surface area contributed by atoms with Gasteiger partial charge < -0.3 is 10.6 Å². The first-order chi connectivity index (χ1) is 15.9. The Morgan fingerprint density at radius 3 is 1.38 bits per heavy atom. The fourth-order valence-electron chi connectivity index (χ4n) is 1.98. The van der Waals surface area contributed by atoms with Crippen LogP contribution < -0.4 is 10.6 Å². The highest BCUT2D eigenvalue weighted by Gasteiger charge is 2.14. The lowest BCUT2D eigenvalue weighted by Gasteiger charge is -2.25. The molecular weight excluding hydrogens is 412 g/mol. The van der Waals surface area contributed by atoms with Crippen molar-refractivity contribution in [1.82, 2.24) is 5.32 Å². The van der Waals surface area contributed by atoms with E-state index in [9.17, 15) is 0 Å². The van der Waals surface area contributed by atoms with Gasteiger partial charge in [0.1, 0.15) is 0 Å². The van der Waals surface area contributed by atoms with Crippen molar-refractivity contribution in [1.29, 1.82) is 0 Å². The second-order valence-electron chi connectivity index (χ2n) is 8.45. The van der Waals surface area contributed by atoms with E-state index >= 15 is 0 Å². The number of allylic oxidation sites excluding steroid dienone is 2. The van der Waals surface area contributed by atoms with E-state index in [0.29, 0.717) is 6.04 Å². The molecule has 2 heteroatoms. The molecule has 2 nitrogen and oxygen atoms in total. The monoisotopic (exact) mass is 466 g/mol. The molecule has 0 atom stereocenters. The van der Waals surface area contributed by atoms with Gasteiger partial charge in [-0.25, -0.2) is 0 Å². The quantitative estimate of drug-likeness (QED) is 0.438. The SMILES string of the molecule is C#C.C=C(C)Nc1ccc(C)cc1.C=C(NC(C)C)C(C)(C)C.CC.CC.Cc1ccccc1. The number of anilines is 1. The number of benzene rings is 2. The highest BCUT2D eigenvalue weighted by Crippen LogP contribution is 2.21. The van der Waals surface area contributed by atoms with Crippen molar-refractivity contribution in [3.8, 4) is 12.8 Å². The van der Waals surface area contributed by atoms with Crippen molar-refractivity contribution in [2.75, 3.05) is 5.32 Å². The molecule has 192 valence electrons. The fraction of sp³-hybridized carbons (Fsp3) is 0.438. The molecule has 0 fully saturated rings. The van der Waals surface area contributed by atoms with E-state index in [1.807, 2.05) is 65.0 Å². The lowest BCUT2D eigenvalue weighted by molar-refractivity contribution is 0.445. The Labute approximate surface area is 214 Å². The summed E-state index contributed by atoms with van der Waals surface area (Å²) in [5, 5.41) is 6.43. The van der Waals surface area contributed by atoms with Crippen molar-refractivity contribution in [3.63, 3.8) is 0 Å². The molecule has 0 spiro atoms. The van der Waals surface area contributed by atoms with Crippen LogP contribution in [0.5, 0.6) is 0 Å². The summed E-state index contributed by atoms with van der Waals surface area (Å²) < 4.78 is 0. The van der Waals surface area contributed by atoms with Gasteiger partial charge in [-0.3, -0.25) is 0 Å². The first kappa shape index (κ1) is 38.3. The lowest BCUT2D eigenvalue weighted by Crippen LogP contribution is -2.28. The summed E-state index contributed by atoms with van der Waals surface area (Å²) in [4.78, 5) is 0. The molecule has 0 aromatic heterocycles. The maximum absolute atomic E-state index is 4.00. The highest BCUT2D eigenvalue weighted by molar-refractivity contribution is 5.48. The van der Waals surface area contributed by atoms with Gasteiger partial charge in [0.25, 0.3) is 0 Å². The molecule has 2 N–H and O–H groups in total. The van der Waals surface area contributed by atoms with Gasteiger partial charge in [0.2, 0.25) is 0 Å². The van der Waals surface area contributed by atoms with Gasteiger partial charge in [0.15, 0.2) is 0 Å². The summed E-state index contributed by atoms with van der Waals surface area (Å²) >= 11 is 0. The van der Waals surface area contributed by atoms with Gasteiger partial charge in [-0.1, -0.05) is 115 Å². The summed E-state index contributed by atoms with van der Waals surface area (Å²) in [6, 6.07) is 19.0. The summed E-state index contributed by atoms with van der Waals surface area (Å²) in [6.45, 7) is 32.5. The van der Waals surface area contributed by atoms with Gasteiger partial charge in [-0.15, -0.1) is 12.8 Å². The van der Waals surface area contributed by atoms with E-state index in [1.165, 1.54) is 11.1 Å². The minimum atomic E-state index is 0.185. The topological polar surface area (TPSA) is 24.1 Å². The number of hydrogen-bond acceptors (Lipinski definition) is 2. The molecule has 0 bridgehead atoms. The number of aryl methyl sites for hydroxylation is 2. The normalized spacial score (nSPS) is 8.68. The zero-order valence-electron chi connectivity index (χ0n) is 24.3. The summed E-state index contributed by atoms with van der Waals surface area (Å²) in [6.07, 6.45) is 8.00. The average Bonchev–Trinajstić information content (AvgIpc) is 2.79. The van der Waals surface area contributed by atoms with E-state index in [0.717, 1.165) is 17.1 Å². The minimum Gasteiger partial charge on any atom is -0.386 e. The summed E-state index contributed by atoms with van der Waals surface area (Å²) in [7, 11) is 0. The zero-order valence-corrected chi connectivity index (χ0v) is 24.3. The molecule has 0 saturated heterocycles. The van der Waals surface area contributed by atoms with E-state index in [4.69, 9.17) is 0 Å². The molecule has 0 aliphatic carbocycles. The third-order valence-corrected chi connectivity index (χ3v) is 3.72. The number of terminal acetylenes is 1. The van der Waals surface area contributed by atoms with Gasteiger partial charge >= 0.3 is 0 Å². The summed E-state index contributed by atoms with van der Waals surface area (Å²) in [5.74, 6) is 0. The van der Waals surface area contributed by atoms with Crippen LogP contribution in [0.2, 0.25) is 0 Å². The minimum absolute atomic E-state index is 0.185. The Bertz CT molecular complexity index is 730. The highest BCUT2D eigenvalue weighted by atomic mass is 14.9. The first-order valence-electron chi connectivity index (χ1n) is 12.2. The molecule has 2 rings (SSSR count). The van der Waals surface area contributed by atoms with E-state index in [-0.39, 0.29) is 5.41 Å². The van der Waals surface area contributed by atoms with Crippen LogP contribution >= 0.6 is 0 Å². The predicted molar refractivity (Wildman–Crippen MR) is 160 cm³/mol. The van der Waals surface area contributed by atoms with Gasteiger partial charge in [0.05, 0.1) is 0 Å². The average molecular weight is 467 g/mol. The van der Waals surface area contributed by atoms with Crippen molar-refractivity contribution in [2.24, 2.45) is 5.41 Å². The zero-order chi connectivity index (χ0) is 27.7. The van der Waals surface area contributed by atoms with Crippen molar-refractivity contribution in [2.45, 2.75) is 89.1 Å². The first-order valence-corrected chi connectivity index (χ1v) is 12.2.